The first-order valence-corrected chi connectivity index (χ1v) is 8.23. The number of piperidine rings is 1. The average Bonchev–Trinajstić information content (AvgIpc) is 2.58. The van der Waals surface area contributed by atoms with Crippen LogP contribution >= 0.6 is 0 Å². The van der Waals surface area contributed by atoms with E-state index in [9.17, 15) is 4.79 Å². The van der Waals surface area contributed by atoms with E-state index in [4.69, 9.17) is 0 Å². The van der Waals surface area contributed by atoms with Gasteiger partial charge in [0, 0.05) is 18.3 Å². The van der Waals surface area contributed by atoms with Gasteiger partial charge in [-0.05, 0) is 61.7 Å². The van der Waals surface area contributed by atoms with Crippen LogP contribution in [0.2, 0.25) is 0 Å². The lowest BCUT2D eigenvalue weighted by atomic mass is 9.99. The van der Waals surface area contributed by atoms with Gasteiger partial charge in [-0.1, -0.05) is 19.1 Å². The Hall–Kier alpha value is -2.20. The maximum Gasteiger partial charge on any atom is 0.255 e. The summed E-state index contributed by atoms with van der Waals surface area (Å²) in [6.45, 7) is 5.64. The summed E-state index contributed by atoms with van der Waals surface area (Å²) in [5, 5.41) is 2.85. The van der Waals surface area contributed by atoms with Crippen molar-refractivity contribution in [3.8, 4) is 0 Å². The summed E-state index contributed by atoms with van der Waals surface area (Å²) in [7, 11) is 0. The van der Waals surface area contributed by atoms with Gasteiger partial charge in [0.25, 0.3) is 5.91 Å². The highest BCUT2D eigenvalue weighted by atomic mass is 16.1. The van der Waals surface area contributed by atoms with Crippen LogP contribution in [0, 0.1) is 5.92 Å². The number of pyridine rings is 1. The van der Waals surface area contributed by atoms with Crippen molar-refractivity contribution in [2.75, 3.05) is 18.4 Å². The van der Waals surface area contributed by atoms with Crippen LogP contribution in [0.1, 0.15) is 35.7 Å². The minimum atomic E-state index is -0.101. The predicted octanol–water partition coefficient (Wildman–Crippen LogP) is 3.57. The van der Waals surface area contributed by atoms with Gasteiger partial charge in [0.2, 0.25) is 0 Å². The van der Waals surface area contributed by atoms with Crippen LogP contribution in [-0.2, 0) is 6.54 Å². The standard InChI is InChI=1S/C19H23N3O/c1-15-8-11-22(12-9-15)14-16-4-6-17(7-5-16)19(23)21-18-3-2-10-20-13-18/h2-7,10,13,15H,8-9,11-12,14H2,1H3,(H,21,23). The molecule has 1 aromatic heterocycles. The fourth-order valence-electron chi connectivity index (χ4n) is 2.88. The van der Waals surface area contributed by atoms with Gasteiger partial charge in [-0.25, -0.2) is 0 Å². The summed E-state index contributed by atoms with van der Waals surface area (Å²) in [5.41, 5.74) is 2.64. The number of rotatable bonds is 4. The predicted molar refractivity (Wildman–Crippen MR) is 92.3 cm³/mol. The van der Waals surface area contributed by atoms with E-state index in [1.807, 2.05) is 18.2 Å². The lowest BCUT2D eigenvalue weighted by Gasteiger charge is -2.30. The molecule has 0 atom stereocenters. The number of aromatic nitrogens is 1. The molecule has 2 heterocycles. The molecule has 1 aromatic carbocycles. The van der Waals surface area contributed by atoms with Crippen molar-refractivity contribution >= 4 is 11.6 Å². The van der Waals surface area contributed by atoms with Gasteiger partial charge in [0.05, 0.1) is 11.9 Å². The smallest absolute Gasteiger partial charge is 0.255 e. The quantitative estimate of drug-likeness (QED) is 0.939. The number of likely N-dealkylation sites (tertiary alicyclic amines) is 1. The second kappa shape index (κ2) is 7.38. The molecule has 4 heteroatoms. The zero-order valence-corrected chi connectivity index (χ0v) is 13.5. The Kier molecular flexibility index (Phi) is 5.03. The van der Waals surface area contributed by atoms with Crippen molar-refractivity contribution in [3.05, 3.63) is 59.9 Å². The van der Waals surface area contributed by atoms with E-state index in [0.29, 0.717) is 11.3 Å². The fourth-order valence-corrected chi connectivity index (χ4v) is 2.88. The van der Waals surface area contributed by atoms with Gasteiger partial charge in [-0.15, -0.1) is 0 Å². The largest absolute Gasteiger partial charge is 0.321 e. The third-order valence-electron chi connectivity index (χ3n) is 4.42. The molecule has 120 valence electrons. The maximum absolute atomic E-state index is 12.2. The van der Waals surface area contributed by atoms with Crippen LogP contribution in [0.5, 0.6) is 0 Å². The van der Waals surface area contributed by atoms with E-state index in [1.54, 1.807) is 18.5 Å². The van der Waals surface area contributed by atoms with Crippen LogP contribution < -0.4 is 5.32 Å². The van der Waals surface area contributed by atoms with E-state index in [0.717, 1.165) is 12.5 Å². The Labute approximate surface area is 137 Å². The number of benzene rings is 1. The van der Waals surface area contributed by atoms with Gasteiger partial charge in [-0.2, -0.15) is 0 Å². The lowest BCUT2D eigenvalue weighted by molar-refractivity contribution is 0.102. The zero-order chi connectivity index (χ0) is 16.1. The van der Waals surface area contributed by atoms with E-state index >= 15 is 0 Å². The van der Waals surface area contributed by atoms with Crippen LogP contribution in [0.3, 0.4) is 0 Å². The van der Waals surface area contributed by atoms with Gasteiger partial charge >= 0.3 is 0 Å². The molecular formula is C19H23N3O. The number of amides is 1. The number of nitrogens with one attached hydrogen (secondary N) is 1. The van der Waals surface area contributed by atoms with Crippen LogP contribution in [0.15, 0.2) is 48.8 Å². The molecular weight excluding hydrogens is 286 g/mol. The zero-order valence-electron chi connectivity index (χ0n) is 13.5. The topological polar surface area (TPSA) is 45.2 Å². The minimum Gasteiger partial charge on any atom is -0.321 e. The molecule has 0 bridgehead atoms. The molecule has 3 rings (SSSR count). The highest BCUT2D eigenvalue weighted by Gasteiger charge is 2.15. The molecule has 0 unspecified atom stereocenters. The molecule has 1 saturated heterocycles. The highest BCUT2D eigenvalue weighted by Crippen LogP contribution is 2.18. The molecule has 1 fully saturated rings. The van der Waals surface area contributed by atoms with Crippen molar-refractivity contribution < 1.29 is 4.79 Å². The molecule has 1 aliphatic heterocycles. The third kappa shape index (κ3) is 4.39. The lowest BCUT2D eigenvalue weighted by Crippen LogP contribution is -2.32. The fraction of sp³-hybridized carbons (Fsp3) is 0.368. The van der Waals surface area contributed by atoms with Crippen molar-refractivity contribution in [3.63, 3.8) is 0 Å². The molecule has 1 amide bonds. The number of carbonyl (C=O) groups is 1. The number of hydrogen-bond donors (Lipinski definition) is 1. The molecule has 23 heavy (non-hydrogen) atoms. The van der Waals surface area contributed by atoms with Gasteiger partial charge in [0.15, 0.2) is 0 Å². The molecule has 1 N–H and O–H groups in total. The molecule has 0 saturated carbocycles. The van der Waals surface area contributed by atoms with Crippen LogP contribution in [0.25, 0.3) is 0 Å². The summed E-state index contributed by atoms with van der Waals surface area (Å²) >= 11 is 0. The van der Waals surface area contributed by atoms with Gasteiger partial charge < -0.3 is 5.32 Å². The van der Waals surface area contributed by atoms with Gasteiger partial charge in [0.1, 0.15) is 0 Å². The SMILES string of the molecule is CC1CCN(Cc2ccc(C(=O)Nc3cccnc3)cc2)CC1. The normalized spacial score (nSPS) is 16.2. The minimum absolute atomic E-state index is 0.101. The van der Waals surface area contributed by atoms with E-state index in [2.05, 4.69) is 34.3 Å². The van der Waals surface area contributed by atoms with E-state index in [1.165, 1.54) is 31.5 Å². The van der Waals surface area contributed by atoms with Crippen molar-refractivity contribution in [2.24, 2.45) is 5.92 Å². The molecule has 4 nitrogen and oxygen atoms in total. The number of anilines is 1. The summed E-state index contributed by atoms with van der Waals surface area (Å²) < 4.78 is 0. The third-order valence-corrected chi connectivity index (χ3v) is 4.42. The molecule has 0 spiro atoms. The van der Waals surface area contributed by atoms with Crippen molar-refractivity contribution in [1.82, 2.24) is 9.88 Å². The molecule has 1 aliphatic rings. The maximum atomic E-state index is 12.2. The van der Waals surface area contributed by atoms with Gasteiger partial charge in [-0.3, -0.25) is 14.7 Å². The first-order chi connectivity index (χ1) is 11.2. The Bertz CT molecular complexity index is 631. The number of nitrogens with zero attached hydrogens (tertiary/aromatic N) is 2. The van der Waals surface area contributed by atoms with Crippen molar-refractivity contribution in [2.45, 2.75) is 26.3 Å². The number of carbonyl (C=O) groups excluding carboxylic acids is 1. The average molecular weight is 309 g/mol. The first-order valence-electron chi connectivity index (χ1n) is 8.23. The summed E-state index contributed by atoms with van der Waals surface area (Å²) in [4.78, 5) is 18.7. The van der Waals surface area contributed by atoms with Crippen LogP contribution in [0.4, 0.5) is 5.69 Å². The molecule has 0 aliphatic carbocycles. The highest BCUT2D eigenvalue weighted by molar-refractivity contribution is 6.04. The van der Waals surface area contributed by atoms with E-state index in [-0.39, 0.29) is 5.91 Å². The Morgan fingerprint density at radius 1 is 1.22 bits per heavy atom. The summed E-state index contributed by atoms with van der Waals surface area (Å²) in [6.07, 6.45) is 5.90. The summed E-state index contributed by atoms with van der Waals surface area (Å²) in [6, 6.07) is 11.5. The van der Waals surface area contributed by atoms with Crippen molar-refractivity contribution in [1.29, 1.82) is 0 Å². The summed E-state index contributed by atoms with van der Waals surface area (Å²) in [5.74, 6) is 0.751. The number of hydrogen-bond acceptors (Lipinski definition) is 3. The molecule has 2 aromatic rings. The van der Waals surface area contributed by atoms with E-state index < -0.39 is 0 Å². The Balaban J connectivity index is 1.57. The second-order valence-electron chi connectivity index (χ2n) is 6.35. The Morgan fingerprint density at radius 3 is 2.61 bits per heavy atom. The molecule has 0 radical (unpaired) electrons. The first kappa shape index (κ1) is 15.7. The second-order valence-corrected chi connectivity index (χ2v) is 6.35. The monoisotopic (exact) mass is 309 g/mol. The van der Waals surface area contributed by atoms with Crippen LogP contribution in [-0.4, -0.2) is 28.9 Å². The Morgan fingerprint density at radius 2 is 1.96 bits per heavy atom.